The van der Waals surface area contributed by atoms with Crippen LogP contribution in [0.15, 0.2) is 6.07 Å². The molecule has 0 radical (unpaired) electrons. The van der Waals surface area contributed by atoms with Crippen LogP contribution in [0, 0.1) is 6.92 Å². The maximum absolute atomic E-state index is 4.73. The largest absolute Gasteiger partial charge is 0.314 e. The van der Waals surface area contributed by atoms with E-state index in [9.17, 15) is 0 Å². The lowest BCUT2D eigenvalue weighted by atomic mass is 10.2. The van der Waals surface area contributed by atoms with E-state index in [2.05, 4.69) is 42.0 Å². The SMILES string of the molecule is CCCc1cc(C)nc(C(C)N2CCNCC2)n1. The first kappa shape index (κ1) is 13.4. The molecule has 2 heterocycles. The second-order valence-electron chi connectivity index (χ2n) is 5.07. The van der Waals surface area contributed by atoms with E-state index in [1.807, 2.05) is 0 Å². The molecular weight excluding hydrogens is 224 g/mol. The van der Waals surface area contributed by atoms with Crippen molar-refractivity contribution >= 4 is 0 Å². The van der Waals surface area contributed by atoms with Crippen LogP contribution in [0.3, 0.4) is 0 Å². The summed E-state index contributed by atoms with van der Waals surface area (Å²) in [5.41, 5.74) is 2.27. The Morgan fingerprint density at radius 1 is 1.33 bits per heavy atom. The third-order valence-electron chi connectivity index (χ3n) is 3.50. The number of nitrogens with one attached hydrogen (secondary N) is 1. The molecule has 1 fully saturated rings. The topological polar surface area (TPSA) is 41.1 Å². The summed E-state index contributed by atoms with van der Waals surface area (Å²) in [5.74, 6) is 0.986. The van der Waals surface area contributed by atoms with Crippen molar-refractivity contribution in [2.24, 2.45) is 0 Å². The van der Waals surface area contributed by atoms with Crippen molar-refractivity contribution in [3.05, 3.63) is 23.3 Å². The second kappa shape index (κ2) is 6.25. The van der Waals surface area contributed by atoms with Crippen LogP contribution in [-0.2, 0) is 6.42 Å². The lowest BCUT2D eigenvalue weighted by molar-refractivity contribution is 0.179. The number of nitrogens with zero attached hydrogens (tertiary/aromatic N) is 3. The normalized spacial score (nSPS) is 18.8. The minimum absolute atomic E-state index is 0.322. The van der Waals surface area contributed by atoms with Crippen molar-refractivity contribution in [2.75, 3.05) is 26.2 Å². The summed E-state index contributed by atoms with van der Waals surface area (Å²) >= 11 is 0. The molecule has 0 amide bonds. The highest BCUT2D eigenvalue weighted by atomic mass is 15.2. The molecule has 1 aliphatic heterocycles. The fourth-order valence-corrected chi connectivity index (χ4v) is 2.46. The molecule has 0 aromatic carbocycles. The summed E-state index contributed by atoms with van der Waals surface area (Å²) in [7, 11) is 0. The maximum Gasteiger partial charge on any atom is 0.145 e. The van der Waals surface area contributed by atoms with Gasteiger partial charge in [-0.2, -0.15) is 0 Å². The molecule has 0 spiro atoms. The summed E-state index contributed by atoms with van der Waals surface area (Å²) in [6.45, 7) is 10.8. The van der Waals surface area contributed by atoms with Crippen molar-refractivity contribution < 1.29 is 0 Å². The van der Waals surface area contributed by atoms with Crippen LogP contribution in [0.2, 0.25) is 0 Å². The van der Waals surface area contributed by atoms with E-state index in [1.54, 1.807) is 0 Å². The fraction of sp³-hybridized carbons (Fsp3) is 0.714. The van der Waals surface area contributed by atoms with E-state index in [4.69, 9.17) is 4.98 Å². The molecule has 1 aliphatic rings. The van der Waals surface area contributed by atoms with E-state index >= 15 is 0 Å². The van der Waals surface area contributed by atoms with E-state index < -0.39 is 0 Å². The van der Waals surface area contributed by atoms with Crippen molar-refractivity contribution in [2.45, 2.75) is 39.7 Å². The van der Waals surface area contributed by atoms with Crippen molar-refractivity contribution in [3.63, 3.8) is 0 Å². The Labute approximate surface area is 110 Å². The van der Waals surface area contributed by atoms with Crippen LogP contribution >= 0.6 is 0 Å². The Morgan fingerprint density at radius 2 is 2.06 bits per heavy atom. The molecule has 1 aromatic heterocycles. The first-order chi connectivity index (χ1) is 8.70. The van der Waals surface area contributed by atoms with E-state index in [1.165, 1.54) is 5.69 Å². The molecular formula is C14H24N4. The first-order valence-corrected chi connectivity index (χ1v) is 7.00. The summed E-state index contributed by atoms with van der Waals surface area (Å²) in [6.07, 6.45) is 2.18. The van der Waals surface area contributed by atoms with E-state index in [-0.39, 0.29) is 0 Å². The zero-order valence-electron chi connectivity index (χ0n) is 11.7. The monoisotopic (exact) mass is 248 g/mol. The van der Waals surface area contributed by atoms with Gasteiger partial charge in [-0.05, 0) is 26.3 Å². The van der Waals surface area contributed by atoms with Crippen molar-refractivity contribution in [1.29, 1.82) is 0 Å². The molecule has 0 saturated carbocycles. The molecule has 0 bridgehead atoms. The van der Waals surface area contributed by atoms with Crippen LogP contribution in [0.4, 0.5) is 0 Å². The smallest absolute Gasteiger partial charge is 0.145 e. The molecule has 1 atom stereocenters. The minimum Gasteiger partial charge on any atom is -0.314 e. The Hall–Kier alpha value is -1.00. The minimum atomic E-state index is 0.322. The summed E-state index contributed by atoms with van der Waals surface area (Å²) in [6, 6.07) is 2.43. The summed E-state index contributed by atoms with van der Waals surface area (Å²) < 4.78 is 0. The second-order valence-corrected chi connectivity index (χ2v) is 5.07. The van der Waals surface area contributed by atoms with Crippen molar-refractivity contribution in [3.8, 4) is 0 Å². The van der Waals surface area contributed by atoms with Gasteiger partial charge in [0.25, 0.3) is 0 Å². The van der Waals surface area contributed by atoms with E-state index in [0.717, 1.165) is 50.5 Å². The summed E-state index contributed by atoms with van der Waals surface area (Å²) in [5, 5.41) is 3.38. The van der Waals surface area contributed by atoms with Gasteiger partial charge in [0.2, 0.25) is 0 Å². The van der Waals surface area contributed by atoms with Crippen LogP contribution < -0.4 is 5.32 Å². The molecule has 1 aromatic rings. The highest BCUT2D eigenvalue weighted by Crippen LogP contribution is 2.18. The number of aromatic nitrogens is 2. The standard InChI is InChI=1S/C14H24N4/c1-4-5-13-10-11(2)16-14(17-13)12(3)18-8-6-15-7-9-18/h10,12,15H,4-9H2,1-3H3. The molecule has 1 saturated heterocycles. The average Bonchev–Trinajstić information content (AvgIpc) is 2.38. The zero-order chi connectivity index (χ0) is 13.0. The third-order valence-corrected chi connectivity index (χ3v) is 3.50. The molecule has 100 valence electrons. The van der Waals surface area contributed by atoms with Crippen LogP contribution in [0.1, 0.15) is 43.5 Å². The Balaban J connectivity index is 2.15. The number of aryl methyl sites for hydroxylation is 2. The maximum atomic E-state index is 4.73. The van der Waals surface area contributed by atoms with Gasteiger partial charge in [0.15, 0.2) is 0 Å². The van der Waals surface area contributed by atoms with Gasteiger partial charge in [-0.3, -0.25) is 4.90 Å². The number of hydrogen-bond donors (Lipinski definition) is 1. The van der Waals surface area contributed by atoms with Gasteiger partial charge >= 0.3 is 0 Å². The van der Waals surface area contributed by atoms with Crippen LogP contribution in [0.25, 0.3) is 0 Å². The molecule has 4 heteroatoms. The molecule has 2 rings (SSSR count). The average molecular weight is 248 g/mol. The van der Waals surface area contributed by atoms with Crippen molar-refractivity contribution in [1.82, 2.24) is 20.2 Å². The number of hydrogen-bond acceptors (Lipinski definition) is 4. The molecule has 1 N–H and O–H groups in total. The highest BCUT2D eigenvalue weighted by Gasteiger charge is 2.20. The fourth-order valence-electron chi connectivity index (χ4n) is 2.46. The number of piperazine rings is 1. The van der Waals surface area contributed by atoms with Crippen LogP contribution in [0.5, 0.6) is 0 Å². The third kappa shape index (κ3) is 3.27. The Bertz CT molecular complexity index is 385. The lowest BCUT2D eigenvalue weighted by Gasteiger charge is -2.32. The lowest BCUT2D eigenvalue weighted by Crippen LogP contribution is -2.44. The van der Waals surface area contributed by atoms with Gasteiger partial charge < -0.3 is 5.32 Å². The van der Waals surface area contributed by atoms with Gasteiger partial charge in [-0.15, -0.1) is 0 Å². The predicted octanol–water partition coefficient (Wildman–Crippen LogP) is 1.70. The predicted molar refractivity (Wildman–Crippen MR) is 73.6 cm³/mol. The molecule has 4 nitrogen and oxygen atoms in total. The first-order valence-electron chi connectivity index (χ1n) is 7.00. The quantitative estimate of drug-likeness (QED) is 0.880. The van der Waals surface area contributed by atoms with Gasteiger partial charge in [-0.25, -0.2) is 9.97 Å². The molecule has 18 heavy (non-hydrogen) atoms. The van der Waals surface area contributed by atoms with E-state index in [0.29, 0.717) is 6.04 Å². The Morgan fingerprint density at radius 3 is 2.72 bits per heavy atom. The van der Waals surface area contributed by atoms with Gasteiger partial charge in [0, 0.05) is 37.6 Å². The Kier molecular flexibility index (Phi) is 4.66. The van der Waals surface area contributed by atoms with Gasteiger partial charge in [0.1, 0.15) is 5.82 Å². The van der Waals surface area contributed by atoms with Gasteiger partial charge in [0.05, 0.1) is 6.04 Å². The number of rotatable bonds is 4. The van der Waals surface area contributed by atoms with Crippen LogP contribution in [-0.4, -0.2) is 41.0 Å². The van der Waals surface area contributed by atoms with Gasteiger partial charge in [-0.1, -0.05) is 13.3 Å². The highest BCUT2D eigenvalue weighted by molar-refractivity contribution is 5.12. The molecule has 0 aliphatic carbocycles. The summed E-state index contributed by atoms with van der Waals surface area (Å²) in [4.78, 5) is 11.8. The molecule has 1 unspecified atom stereocenters. The zero-order valence-corrected chi connectivity index (χ0v) is 11.7.